The van der Waals surface area contributed by atoms with Crippen molar-refractivity contribution in [2.45, 2.75) is 38.5 Å². The minimum absolute atomic E-state index is 0.417. The summed E-state index contributed by atoms with van der Waals surface area (Å²) >= 11 is 1.84. The lowest BCUT2D eigenvalue weighted by Crippen LogP contribution is -1.97. The summed E-state index contributed by atoms with van der Waals surface area (Å²) in [6.07, 6.45) is 7.46. The zero-order valence-electron chi connectivity index (χ0n) is 15.3. The molecule has 0 atom stereocenters. The molecule has 0 radical (unpaired) electrons. The van der Waals surface area contributed by atoms with Gasteiger partial charge in [0.2, 0.25) is 0 Å². The quantitative estimate of drug-likeness (QED) is 0.558. The average Bonchev–Trinajstić information content (AvgIpc) is 3.42. The molecule has 26 heavy (non-hydrogen) atoms. The van der Waals surface area contributed by atoms with E-state index in [2.05, 4.69) is 72.1 Å². The van der Waals surface area contributed by atoms with Crippen molar-refractivity contribution in [1.29, 1.82) is 0 Å². The number of hydrogen-bond acceptors (Lipinski definition) is 2. The molecular weight excluding hydrogens is 336 g/mol. The van der Waals surface area contributed by atoms with Gasteiger partial charge in [-0.1, -0.05) is 73.5 Å². The maximum atomic E-state index is 8.57. The highest BCUT2D eigenvalue weighted by Gasteiger charge is 2.12. The highest BCUT2D eigenvalue weighted by atomic mass is 32.1. The Morgan fingerprint density at radius 3 is 2.04 bits per heavy atom. The summed E-state index contributed by atoms with van der Waals surface area (Å²) in [5.41, 5.74) is 3.99. The van der Waals surface area contributed by atoms with Crippen LogP contribution in [0.5, 0.6) is 0 Å². The van der Waals surface area contributed by atoms with Crippen LogP contribution in [0.2, 0.25) is 0 Å². The van der Waals surface area contributed by atoms with Gasteiger partial charge in [0.25, 0.3) is 0 Å². The van der Waals surface area contributed by atoms with Gasteiger partial charge in [-0.2, -0.15) is 0 Å². The van der Waals surface area contributed by atoms with Crippen molar-refractivity contribution in [2.24, 2.45) is 5.92 Å². The van der Waals surface area contributed by atoms with Gasteiger partial charge >= 0.3 is 0 Å². The van der Waals surface area contributed by atoms with E-state index >= 15 is 0 Å². The standard InChI is InChI=1S/C18H16S.C6H12O/c1-2-5-16(6-3-1)17-11-8-15(9-12-17)10-13-18-7-4-14-19-18;7-5-6-3-1-2-4-6/h1-9,11-12,14H,10,13H2;6-7H,1-5H2. The lowest BCUT2D eigenvalue weighted by molar-refractivity contribution is 0.230. The van der Waals surface area contributed by atoms with Gasteiger partial charge < -0.3 is 5.11 Å². The molecule has 1 aromatic heterocycles. The van der Waals surface area contributed by atoms with E-state index in [1.807, 2.05) is 11.3 Å². The van der Waals surface area contributed by atoms with Crippen LogP contribution >= 0.6 is 11.3 Å². The molecule has 1 N–H and O–H groups in total. The first-order valence-electron chi connectivity index (χ1n) is 9.63. The van der Waals surface area contributed by atoms with Crippen molar-refractivity contribution >= 4 is 11.3 Å². The van der Waals surface area contributed by atoms with Gasteiger partial charge in [-0.25, -0.2) is 0 Å². The Morgan fingerprint density at radius 2 is 1.46 bits per heavy atom. The van der Waals surface area contributed by atoms with Crippen LogP contribution in [0.15, 0.2) is 72.1 Å². The molecule has 2 heteroatoms. The van der Waals surface area contributed by atoms with E-state index in [0.717, 1.165) is 12.8 Å². The second-order valence-electron chi connectivity index (χ2n) is 6.98. The molecule has 3 aromatic rings. The lowest BCUT2D eigenvalue weighted by Gasteiger charge is -2.04. The zero-order chi connectivity index (χ0) is 18.0. The number of thiophene rings is 1. The summed E-state index contributed by atoms with van der Waals surface area (Å²) in [6.45, 7) is 0.417. The molecule has 0 unspecified atom stereocenters. The Balaban J connectivity index is 0.000000236. The highest BCUT2D eigenvalue weighted by molar-refractivity contribution is 7.09. The first kappa shape index (κ1) is 18.9. The third-order valence-electron chi connectivity index (χ3n) is 5.03. The Bertz CT molecular complexity index is 726. The number of aliphatic hydroxyl groups is 1. The normalized spacial score (nSPS) is 14.0. The molecule has 2 aromatic carbocycles. The highest BCUT2D eigenvalue weighted by Crippen LogP contribution is 2.23. The van der Waals surface area contributed by atoms with Crippen molar-refractivity contribution in [2.75, 3.05) is 6.61 Å². The SMILES string of the molecule is OCC1CCCC1.c1ccc(-c2ccc(CCc3cccs3)cc2)cc1. The van der Waals surface area contributed by atoms with Crippen LogP contribution < -0.4 is 0 Å². The fraction of sp³-hybridized carbons (Fsp3) is 0.333. The van der Waals surface area contributed by atoms with Gasteiger partial charge in [0.05, 0.1) is 0 Å². The fourth-order valence-electron chi connectivity index (χ4n) is 3.41. The topological polar surface area (TPSA) is 20.2 Å². The van der Waals surface area contributed by atoms with Crippen LogP contribution in [-0.4, -0.2) is 11.7 Å². The third-order valence-corrected chi connectivity index (χ3v) is 5.97. The van der Waals surface area contributed by atoms with E-state index in [-0.39, 0.29) is 0 Å². The molecule has 0 bridgehead atoms. The largest absolute Gasteiger partial charge is 0.396 e. The van der Waals surface area contributed by atoms with E-state index in [0.29, 0.717) is 12.5 Å². The number of aryl methyl sites for hydroxylation is 2. The molecule has 4 rings (SSSR count). The molecule has 1 aliphatic rings. The Hall–Kier alpha value is -1.90. The summed E-state index contributed by atoms with van der Waals surface area (Å²) in [5, 5.41) is 10.7. The summed E-state index contributed by atoms with van der Waals surface area (Å²) in [5.74, 6) is 0.653. The first-order chi connectivity index (χ1) is 12.8. The summed E-state index contributed by atoms with van der Waals surface area (Å²) in [4.78, 5) is 1.46. The van der Waals surface area contributed by atoms with Crippen LogP contribution in [-0.2, 0) is 12.8 Å². The van der Waals surface area contributed by atoms with E-state index < -0.39 is 0 Å². The Kier molecular flexibility index (Phi) is 7.48. The molecule has 0 spiro atoms. The van der Waals surface area contributed by atoms with E-state index in [9.17, 15) is 0 Å². The molecule has 0 amide bonds. The second kappa shape index (κ2) is 10.3. The van der Waals surface area contributed by atoms with Crippen molar-refractivity contribution < 1.29 is 5.11 Å². The maximum absolute atomic E-state index is 8.57. The Morgan fingerprint density at radius 1 is 0.769 bits per heavy atom. The monoisotopic (exact) mass is 364 g/mol. The van der Waals surface area contributed by atoms with Gasteiger partial charge in [-0.15, -0.1) is 11.3 Å². The van der Waals surface area contributed by atoms with Crippen LogP contribution in [0.1, 0.15) is 36.1 Å². The predicted octanol–water partition coefficient (Wildman–Crippen LogP) is 6.37. The first-order valence-corrected chi connectivity index (χ1v) is 10.5. The van der Waals surface area contributed by atoms with Crippen LogP contribution in [0.25, 0.3) is 11.1 Å². The number of aliphatic hydroxyl groups excluding tert-OH is 1. The number of rotatable bonds is 5. The van der Waals surface area contributed by atoms with Crippen LogP contribution in [0.3, 0.4) is 0 Å². The second-order valence-corrected chi connectivity index (χ2v) is 8.01. The van der Waals surface area contributed by atoms with Gasteiger partial charge in [0.15, 0.2) is 0 Å². The van der Waals surface area contributed by atoms with E-state index in [1.54, 1.807) is 0 Å². The predicted molar refractivity (Wildman–Crippen MR) is 113 cm³/mol. The van der Waals surface area contributed by atoms with Crippen molar-refractivity contribution in [1.82, 2.24) is 0 Å². The molecular formula is C24H28OS. The smallest absolute Gasteiger partial charge is 0.0459 e. The maximum Gasteiger partial charge on any atom is 0.0459 e. The fourth-order valence-corrected chi connectivity index (χ4v) is 4.12. The molecule has 136 valence electrons. The van der Waals surface area contributed by atoms with Crippen LogP contribution in [0.4, 0.5) is 0 Å². The average molecular weight is 365 g/mol. The lowest BCUT2D eigenvalue weighted by atomic mass is 10.0. The molecule has 0 aliphatic heterocycles. The van der Waals surface area contributed by atoms with Gasteiger partial charge in [-0.3, -0.25) is 0 Å². The van der Waals surface area contributed by atoms with Crippen molar-refractivity contribution in [3.05, 3.63) is 82.6 Å². The van der Waals surface area contributed by atoms with Crippen molar-refractivity contribution in [3.63, 3.8) is 0 Å². The molecule has 1 aliphatic carbocycles. The minimum atomic E-state index is 0.417. The van der Waals surface area contributed by atoms with E-state index in [1.165, 1.54) is 47.3 Å². The minimum Gasteiger partial charge on any atom is -0.396 e. The summed E-state index contributed by atoms with van der Waals surface area (Å²) in [6, 6.07) is 23.8. The molecule has 1 nitrogen and oxygen atoms in total. The zero-order valence-corrected chi connectivity index (χ0v) is 16.1. The Labute approximate surface area is 161 Å². The number of hydrogen-bond donors (Lipinski definition) is 1. The van der Waals surface area contributed by atoms with Gasteiger partial charge in [-0.05, 0) is 59.7 Å². The molecule has 0 saturated heterocycles. The van der Waals surface area contributed by atoms with Gasteiger partial charge in [0.1, 0.15) is 0 Å². The summed E-state index contributed by atoms with van der Waals surface area (Å²) in [7, 11) is 0. The van der Waals surface area contributed by atoms with Crippen molar-refractivity contribution in [3.8, 4) is 11.1 Å². The third kappa shape index (κ3) is 5.82. The summed E-state index contributed by atoms with van der Waals surface area (Å²) < 4.78 is 0. The number of benzene rings is 2. The van der Waals surface area contributed by atoms with Crippen LogP contribution in [0, 0.1) is 5.92 Å². The van der Waals surface area contributed by atoms with E-state index in [4.69, 9.17) is 5.11 Å². The molecule has 1 fully saturated rings. The van der Waals surface area contributed by atoms with Gasteiger partial charge in [0, 0.05) is 11.5 Å². The molecule has 1 heterocycles. The molecule has 1 saturated carbocycles.